The van der Waals surface area contributed by atoms with Gasteiger partial charge < -0.3 is 19.7 Å². The minimum Gasteiger partial charge on any atom is -0.465 e. The van der Waals surface area contributed by atoms with E-state index in [1.54, 1.807) is 12.1 Å². The Labute approximate surface area is 217 Å². The van der Waals surface area contributed by atoms with Gasteiger partial charge in [0, 0.05) is 49.2 Å². The van der Waals surface area contributed by atoms with E-state index in [0.717, 1.165) is 28.6 Å². The first-order chi connectivity index (χ1) is 17.4. The van der Waals surface area contributed by atoms with E-state index in [1.165, 1.54) is 11.0 Å². The maximum Gasteiger partial charge on any atom is 0.407 e. The molecule has 2 N–H and O–H groups in total. The minimum atomic E-state index is -0.868. The number of halogens is 2. The number of para-hydroxylation sites is 1. The lowest BCUT2D eigenvalue weighted by Gasteiger charge is -2.33. The van der Waals surface area contributed by atoms with Crippen molar-refractivity contribution in [2.45, 2.75) is 6.54 Å². The van der Waals surface area contributed by atoms with Crippen LogP contribution in [-0.2, 0) is 6.54 Å². The Kier molecular flexibility index (Phi) is 6.87. The number of nitrogens with zero attached hydrogens (tertiary/aromatic N) is 2. The number of nitrogens with one attached hydrogen (secondary N) is 1. The molecule has 1 aromatic heterocycles. The summed E-state index contributed by atoms with van der Waals surface area (Å²) in [7, 11) is 0. The summed E-state index contributed by atoms with van der Waals surface area (Å²) in [5, 5.41) is 13.7. The average Bonchev–Trinajstić information content (AvgIpc) is 3.29. The molecule has 0 aliphatic carbocycles. The van der Waals surface area contributed by atoms with Crippen LogP contribution in [0.1, 0.15) is 15.9 Å². The van der Waals surface area contributed by atoms with Crippen molar-refractivity contribution in [1.29, 1.82) is 0 Å². The van der Waals surface area contributed by atoms with E-state index in [4.69, 9.17) is 32.7 Å². The van der Waals surface area contributed by atoms with Crippen molar-refractivity contribution in [2.75, 3.05) is 31.5 Å². The smallest absolute Gasteiger partial charge is 0.407 e. The van der Waals surface area contributed by atoms with Crippen molar-refractivity contribution < 1.29 is 19.1 Å². The fraction of sp³-hybridized carbons (Fsp3) is 0.185. The Morgan fingerprint density at radius 1 is 0.917 bits per heavy atom. The third kappa shape index (κ3) is 5.18. The first-order valence-corrected chi connectivity index (χ1v) is 12.2. The number of carbonyl (C=O) groups is 2. The molecule has 3 aromatic carbocycles. The summed E-state index contributed by atoms with van der Waals surface area (Å²) >= 11 is 12.0. The number of carboxylic acid groups (broad SMARTS) is 1. The predicted octanol–water partition coefficient (Wildman–Crippen LogP) is 6.45. The number of piperazine rings is 1. The molecular weight excluding hydrogens is 501 g/mol. The number of fused-ring (bicyclic) bond motifs is 1. The number of carbonyl (C=O) groups excluding carboxylic acids is 1. The van der Waals surface area contributed by atoms with Crippen LogP contribution in [0.2, 0.25) is 10.0 Å². The van der Waals surface area contributed by atoms with E-state index in [0.29, 0.717) is 53.2 Å². The van der Waals surface area contributed by atoms with Crippen molar-refractivity contribution in [3.05, 3.63) is 87.9 Å². The summed E-state index contributed by atoms with van der Waals surface area (Å²) < 4.78 is 6.20. The summed E-state index contributed by atoms with van der Waals surface area (Å²) in [4.78, 5) is 27.6. The molecule has 7 nitrogen and oxygen atoms in total. The van der Waals surface area contributed by atoms with Crippen molar-refractivity contribution in [2.24, 2.45) is 0 Å². The largest absolute Gasteiger partial charge is 0.465 e. The molecule has 0 radical (unpaired) electrons. The second-order valence-electron chi connectivity index (χ2n) is 8.66. The first kappa shape index (κ1) is 24.2. The first-order valence-electron chi connectivity index (χ1n) is 11.5. The van der Waals surface area contributed by atoms with E-state index < -0.39 is 6.09 Å². The third-order valence-corrected chi connectivity index (χ3v) is 7.00. The quantitative estimate of drug-likeness (QED) is 0.313. The van der Waals surface area contributed by atoms with Crippen LogP contribution in [0.3, 0.4) is 0 Å². The van der Waals surface area contributed by atoms with Gasteiger partial charge in [-0.3, -0.25) is 9.69 Å². The molecule has 1 saturated heterocycles. The van der Waals surface area contributed by atoms with Gasteiger partial charge >= 0.3 is 6.09 Å². The fourth-order valence-electron chi connectivity index (χ4n) is 4.30. The third-order valence-electron chi connectivity index (χ3n) is 6.26. The lowest BCUT2D eigenvalue weighted by Crippen LogP contribution is -2.47. The Morgan fingerprint density at radius 2 is 1.69 bits per heavy atom. The second kappa shape index (κ2) is 10.2. The molecule has 1 fully saturated rings. The van der Waals surface area contributed by atoms with Gasteiger partial charge in [-0.2, -0.15) is 0 Å². The lowest BCUT2D eigenvalue weighted by atomic mass is 10.1. The predicted molar refractivity (Wildman–Crippen MR) is 141 cm³/mol. The van der Waals surface area contributed by atoms with Crippen LogP contribution in [0.15, 0.2) is 71.1 Å². The Balaban J connectivity index is 1.34. The summed E-state index contributed by atoms with van der Waals surface area (Å²) in [6.07, 6.45) is -0.868. The molecule has 36 heavy (non-hydrogen) atoms. The van der Waals surface area contributed by atoms with Gasteiger partial charge in [-0.05, 0) is 48.0 Å². The Hall–Kier alpha value is -3.52. The van der Waals surface area contributed by atoms with Crippen molar-refractivity contribution in [1.82, 2.24) is 9.80 Å². The van der Waals surface area contributed by atoms with E-state index >= 15 is 0 Å². The van der Waals surface area contributed by atoms with Gasteiger partial charge in [0.2, 0.25) is 0 Å². The molecule has 1 aliphatic rings. The minimum absolute atomic E-state index is 0.303. The summed E-state index contributed by atoms with van der Waals surface area (Å²) in [6.45, 7) is 3.12. The van der Waals surface area contributed by atoms with Crippen LogP contribution in [-0.4, -0.2) is 53.1 Å². The highest BCUT2D eigenvalue weighted by Crippen LogP contribution is 2.34. The standard InChI is InChI=1S/C27H23Cl2N3O4/c28-21-8-7-19(14-22(21)29)26(33)30-23-4-2-1-3-20(23)25-15-18-6-5-17(13-24(18)36-25)16-31-9-11-32(12-10-31)27(34)35/h1-8,13-15H,9-12,16H2,(H,30,33)(H,34,35). The number of amides is 2. The van der Waals surface area contributed by atoms with Gasteiger partial charge in [-0.1, -0.05) is 47.5 Å². The molecule has 0 saturated carbocycles. The van der Waals surface area contributed by atoms with Crippen molar-refractivity contribution in [3.63, 3.8) is 0 Å². The SMILES string of the molecule is O=C(Nc1ccccc1-c1cc2ccc(CN3CCN(C(=O)O)CC3)cc2o1)c1ccc(Cl)c(Cl)c1. The monoisotopic (exact) mass is 523 g/mol. The molecule has 184 valence electrons. The zero-order valence-corrected chi connectivity index (χ0v) is 20.7. The topological polar surface area (TPSA) is 86.0 Å². The summed E-state index contributed by atoms with van der Waals surface area (Å²) in [5.74, 6) is 0.338. The van der Waals surface area contributed by atoms with E-state index in [1.807, 2.05) is 42.5 Å². The maximum atomic E-state index is 12.8. The number of rotatable bonds is 5. The van der Waals surface area contributed by atoms with Crippen LogP contribution in [0.25, 0.3) is 22.3 Å². The zero-order valence-electron chi connectivity index (χ0n) is 19.2. The molecular formula is C27H23Cl2N3O4. The van der Waals surface area contributed by atoms with Crippen LogP contribution in [0, 0.1) is 0 Å². The van der Waals surface area contributed by atoms with E-state index in [2.05, 4.69) is 16.3 Å². The molecule has 0 bridgehead atoms. The number of furan rings is 1. The Morgan fingerprint density at radius 3 is 2.44 bits per heavy atom. The molecule has 5 rings (SSSR count). The molecule has 0 spiro atoms. The highest BCUT2D eigenvalue weighted by molar-refractivity contribution is 6.42. The van der Waals surface area contributed by atoms with Gasteiger partial charge in [0.25, 0.3) is 5.91 Å². The van der Waals surface area contributed by atoms with Crippen molar-refractivity contribution >= 4 is 51.9 Å². The van der Waals surface area contributed by atoms with Gasteiger partial charge in [0.15, 0.2) is 0 Å². The van der Waals surface area contributed by atoms with Crippen molar-refractivity contribution in [3.8, 4) is 11.3 Å². The number of hydrogen-bond donors (Lipinski definition) is 2. The fourth-order valence-corrected chi connectivity index (χ4v) is 4.60. The molecule has 1 aliphatic heterocycles. The molecule has 0 atom stereocenters. The van der Waals surface area contributed by atoms with Crippen LogP contribution in [0.5, 0.6) is 0 Å². The average molecular weight is 524 g/mol. The number of anilines is 1. The normalized spacial score (nSPS) is 14.2. The highest BCUT2D eigenvalue weighted by Gasteiger charge is 2.21. The molecule has 2 amide bonds. The highest BCUT2D eigenvalue weighted by atomic mass is 35.5. The maximum absolute atomic E-state index is 12.8. The zero-order chi connectivity index (χ0) is 25.2. The van der Waals surface area contributed by atoms with E-state index in [-0.39, 0.29) is 5.91 Å². The second-order valence-corrected chi connectivity index (χ2v) is 9.47. The Bertz CT molecular complexity index is 1440. The number of hydrogen-bond acceptors (Lipinski definition) is 4. The lowest BCUT2D eigenvalue weighted by molar-refractivity contribution is 0.102. The van der Waals surface area contributed by atoms with Gasteiger partial charge in [-0.25, -0.2) is 4.79 Å². The van der Waals surface area contributed by atoms with Crippen LogP contribution in [0.4, 0.5) is 10.5 Å². The van der Waals surface area contributed by atoms with Crippen LogP contribution < -0.4 is 5.32 Å². The summed E-state index contributed by atoms with van der Waals surface area (Å²) in [6, 6.07) is 20.2. The van der Waals surface area contributed by atoms with E-state index in [9.17, 15) is 9.59 Å². The van der Waals surface area contributed by atoms with Gasteiger partial charge in [0.1, 0.15) is 11.3 Å². The molecule has 9 heteroatoms. The number of benzene rings is 3. The van der Waals surface area contributed by atoms with Crippen LogP contribution >= 0.6 is 23.2 Å². The molecule has 2 heterocycles. The molecule has 4 aromatic rings. The summed E-state index contributed by atoms with van der Waals surface area (Å²) in [5.41, 5.74) is 3.61. The van der Waals surface area contributed by atoms with Gasteiger partial charge in [-0.15, -0.1) is 0 Å². The van der Waals surface area contributed by atoms with Gasteiger partial charge in [0.05, 0.1) is 15.7 Å². The molecule has 0 unspecified atom stereocenters.